The van der Waals surface area contributed by atoms with Crippen molar-refractivity contribution in [1.82, 2.24) is 0 Å². The lowest BCUT2D eigenvalue weighted by Gasteiger charge is -2.60. The Morgan fingerprint density at radius 3 is 2.43 bits per heavy atom. The van der Waals surface area contributed by atoms with Gasteiger partial charge in [0.2, 0.25) is 0 Å². The van der Waals surface area contributed by atoms with E-state index in [0.717, 1.165) is 25.7 Å². The van der Waals surface area contributed by atoms with Crippen LogP contribution in [0.2, 0.25) is 0 Å². The van der Waals surface area contributed by atoms with Crippen molar-refractivity contribution in [2.45, 2.75) is 119 Å². The third-order valence-electron chi connectivity index (χ3n) is 11.7. The monoisotopic (exact) mass is 654 g/mol. The molecule has 258 valence electrons. The zero-order valence-corrected chi connectivity index (χ0v) is 28.0. The first kappa shape index (κ1) is 34.4. The molecule has 10 heteroatoms. The molecule has 0 radical (unpaired) electrons. The lowest BCUT2D eigenvalue weighted by molar-refractivity contribution is -0.274. The van der Waals surface area contributed by atoms with Crippen LogP contribution in [-0.2, 0) is 28.5 Å². The van der Waals surface area contributed by atoms with E-state index in [4.69, 9.17) is 23.7 Å². The number of hydrogen-bond donors (Lipinski definition) is 3. The average Bonchev–Trinajstić information content (AvgIpc) is 3.56. The number of aliphatic hydroxyl groups is 3. The Morgan fingerprint density at radius 2 is 1.77 bits per heavy atom. The van der Waals surface area contributed by atoms with Crippen LogP contribution in [0.3, 0.4) is 0 Å². The Morgan fingerprint density at radius 1 is 1.09 bits per heavy atom. The van der Waals surface area contributed by atoms with Crippen LogP contribution in [0, 0.1) is 17.8 Å². The van der Waals surface area contributed by atoms with Crippen molar-refractivity contribution < 1.29 is 48.6 Å². The highest BCUT2D eigenvalue weighted by atomic mass is 16.7. The van der Waals surface area contributed by atoms with E-state index >= 15 is 0 Å². The van der Waals surface area contributed by atoms with Gasteiger partial charge >= 0.3 is 5.97 Å². The first-order chi connectivity index (χ1) is 22.5. The first-order valence-corrected chi connectivity index (χ1v) is 17.2. The Hall–Kier alpha value is -2.44. The summed E-state index contributed by atoms with van der Waals surface area (Å²) in [5, 5.41) is 35.1. The topological polar surface area (TPSA) is 144 Å². The Kier molecular flexibility index (Phi) is 9.36. The number of aliphatic hydroxyl groups excluding tert-OH is 2. The Labute approximate surface area is 277 Å². The van der Waals surface area contributed by atoms with Gasteiger partial charge in [0.15, 0.2) is 17.0 Å². The van der Waals surface area contributed by atoms with E-state index in [1.165, 1.54) is 19.3 Å². The molecule has 1 aromatic rings. The van der Waals surface area contributed by atoms with Gasteiger partial charge in [-0.1, -0.05) is 83.2 Å². The first-order valence-electron chi connectivity index (χ1n) is 17.2. The summed E-state index contributed by atoms with van der Waals surface area (Å²) in [6, 6.07) is 8.64. The summed E-state index contributed by atoms with van der Waals surface area (Å²) in [6.07, 6.45) is 4.50. The van der Waals surface area contributed by atoms with E-state index in [1.807, 2.05) is 13.0 Å². The van der Waals surface area contributed by atoms with Gasteiger partial charge in [-0.3, -0.25) is 4.79 Å². The Balaban J connectivity index is 1.48. The molecule has 10 nitrogen and oxygen atoms in total. The third kappa shape index (κ3) is 4.93. The molecule has 0 bridgehead atoms. The van der Waals surface area contributed by atoms with Crippen molar-refractivity contribution >= 4 is 11.8 Å². The van der Waals surface area contributed by atoms with Crippen molar-refractivity contribution in [3.63, 3.8) is 0 Å². The van der Waals surface area contributed by atoms with Crippen LogP contribution >= 0.6 is 0 Å². The standard InChI is InChI=1S/C37H50O10/c1-6-7-8-9-10-11-15-18-44-37-24(5)29(46-32(40)25-16-13-12-14-17-25)36(22(2)3)31(43-21-45-36)27(37)30-34(20-38,47-30)33(41)35(42)26(37)19-23(4)28(35)39/h12-14,16-17,19,24,26-27,29-31,33,38,41-42H,2,6-11,15,18,20-21H2,1,3-5H3. The van der Waals surface area contributed by atoms with Gasteiger partial charge in [-0.05, 0) is 43.5 Å². The van der Waals surface area contributed by atoms with Crippen LogP contribution < -0.4 is 0 Å². The fourth-order valence-corrected chi connectivity index (χ4v) is 9.31. The molecule has 5 aliphatic rings. The second-order valence-corrected chi connectivity index (χ2v) is 14.3. The zero-order valence-electron chi connectivity index (χ0n) is 28.0. The molecule has 6 rings (SSSR count). The highest BCUT2D eigenvalue weighted by Crippen LogP contribution is 2.68. The largest absolute Gasteiger partial charge is 0.455 e. The quantitative estimate of drug-likeness (QED) is 0.123. The fourth-order valence-electron chi connectivity index (χ4n) is 9.31. The number of benzene rings is 1. The number of ketones is 1. The second kappa shape index (κ2) is 12.8. The van der Waals surface area contributed by atoms with Crippen molar-refractivity contribution in [2.24, 2.45) is 17.8 Å². The van der Waals surface area contributed by atoms with Crippen LogP contribution in [-0.4, -0.2) is 93.9 Å². The molecule has 3 N–H and O–H groups in total. The molecule has 1 aromatic carbocycles. The number of esters is 1. The molecule has 11 atom stereocenters. The highest BCUT2D eigenvalue weighted by molar-refractivity contribution is 6.05. The molecule has 0 aromatic heterocycles. The number of fused-ring (bicyclic) bond motifs is 7. The second-order valence-electron chi connectivity index (χ2n) is 14.3. The number of Topliss-reactive ketones (excluding diaryl/α,β-unsaturated/α-hetero) is 1. The van der Waals surface area contributed by atoms with Crippen molar-refractivity contribution in [1.29, 1.82) is 0 Å². The summed E-state index contributed by atoms with van der Waals surface area (Å²) in [7, 11) is 0. The minimum Gasteiger partial charge on any atom is -0.455 e. The summed E-state index contributed by atoms with van der Waals surface area (Å²) in [5.74, 6) is -3.81. The van der Waals surface area contributed by atoms with Crippen LogP contribution in [0.15, 0.2) is 54.1 Å². The van der Waals surface area contributed by atoms with Gasteiger partial charge in [-0.15, -0.1) is 0 Å². The maximum absolute atomic E-state index is 13.9. The van der Waals surface area contributed by atoms with Gasteiger partial charge in [-0.2, -0.15) is 0 Å². The lowest BCUT2D eigenvalue weighted by atomic mass is 9.53. The van der Waals surface area contributed by atoms with Gasteiger partial charge in [-0.25, -0.2) is 4.79 Å². The zero-order chi connectivity index (χ0) is 33.8. The van der Waals surface area contributed by atoms with Gasteiger partial charge in [0, 0.05) is 24.4 Å². The predicted octanol–water partition coefficient (Wildman–Crippen LogP) is 4.05. The fraction of sp³-hybridized carbons (Fsp3) is 0.676. The van der Waals surface area contributed by atoms with Crippen LogP contribution in [0.1, 0.15) is 83.0 Å². The molecule has 2 saturated carbocycles. The summed E-state index contributed by atoms with van der Waals surface area (Å²) in [5.41, 5.74) is -5.64. The predicted molar refractivity (Wildman–Crippen MR) is 171 cm³/mol. The SMILES string of the molecule is C=C(C)C12OCOC1C1C3OC3(CO)C(O)C3(O)C(=O)C(C)=CC3C1(OCCCCCCCCC)C(C)C2OC(=O)c1ccccc1. The van der Waals surface area contributed by atoms with E-state index in [9.17, 15) is 24.9 Å². The normalized spacial score (nSPS) is 41.6. The molecule has 3 aliphatic carbocycles. The number of hydrogen-bond acceptors (Lipinski definition) is 10. The van der Waals surface area contributed by atoms with Gasteiger partial charge in [0.1, 0.15) is 36.8 Å². The van der Waals surface area contributed by atoms with E-state index in [2.05, 4.69) is 13.5 Å². The minimum atomic E-state index is -2.37. The number of rotatable bonds is 13. The van der Waals surface area contributed by atoms with Crippen LogP contribution in [0.25, 0.3) is 0 Å². The molecular weight excluding hydrogens is 604 g/mol. The number of carbonyl (C=O) groups is 2. The highest BCUT2D eigenvalue weighted by Gasteiger charge is 2.86. The third-order valence-corrected chi connectivity index (χ3v) is 11.7. The van der Waals surface area contributed by atoms with Crippen molar-refractivity contribution in [3.05, 3.63) is 59.7 Å². The minimum absolute atomic E-state index is 0.141. The average molecular weight is 655 g/mol. The molecule has 11 unspecified atom stereocenters. The maximum Gasteiger partial charge on any atom is 0.338 e. The molecule has 4 fully saturated rings. The molecule has 2 heterocycles. The van der Waals surface area contributed by atoms with E-state index in [1.54, 1.807) is 44.2 Å². The van der Waals surface area contributed by atoms with Crippen molar-refractivity contribution in [3.8, 4) is 0 Å². The molecule has 2 aliphatic heterocycles. The summed E-state index contributed by atoms with van der Waals surface area (Å²) in [4.78, 5) is 27.7. The van der Waals surface area contributed by atoms with E-state index in [-0.39, 0.29) is 19.0 Å². The number of ether oxygens (including phenoxy) is 5. The molecule has 47 heavy (non-hydrogen) atoms. The van der Waals surface area contributed by atoms with Gasteiger partial charge in [0.25, 0.3) is 0 Å². The molecule has 2 saturated heterocycles. The molecule has 0 spiro atoms. The summed E-state index contributed by atoms with van der Waals surface area (Å²) >= 11 is 0. The summed E-state index contributed by atoms with van der Waals surface area (Å²) < 4.78 is 32.5. The Bertz CT molecular complexity index is 1390. The number of unbranched alkanes of at least 4 members (excludes halogenated alkanes) is 6. The van der Waals surface area contributed by atoms with Crippen LogP contribution in [0.4, 0.5) is 0 Å². The summed E-state index contributed by atoms with van der Waals surface area (Å²) in [6.45, 7) is 11.2. The molecular formula is C37H50O10. The number of epoxide rings is 1. The van der Waals surface area contributed by atoms with Crippen molar-refractivity contribution in [2.75, 3.05) is 20.0 Å². The van der Waals surface area contributed by atoms with Crippen LogP contribution in [0.5, 0.6) is 0 Å². The molecule has 0 amide bonds. The lowest BCUT2D eigenvalue weighted by Crippen LogP contribution is -2.76. The maximum atomic E-state index is 13.9. The van der Waals surface area contributed by atoms with E-state index < -0.39 is 82.9 Å². The van der Waals surface area contributed by atoms with Gasteiger partial charge < -0.3 is 39.0 Å². The number of carbonyl (C=O) groups excluding carboxylic acids is 2. The van der Waals surface area contributed by atoms with Gasteiger partial charge in [0.05, 0.1) is 17.8 Å². The van der Waals surface area contributed by atoms with E-state index in [0.29, 0.717) is 11.1 Å². The smallest absolute Gasteiger partial charge is 0.338 e.